The molecule has 6 unspecified atom stereocenters. The third-order valence-electron chi connectivity index (χ3n) is 20.4. The number of aliphatic hydroxyl groups is 6. The number of nitrogen functional groups attached to an aromatic ring is 3. The van der Waals surface area contributed by atoms with Crippen molar-refractivity contribution in [2.75, 3.05) is 96.8 Å². The van der Waals surface area contributed by atoms with E-state index in [1.54, 1.807) is 41.5 Å². The van der Waals surface area contributed by atoms with Crippen molar-refractivity contribution in [3.8, 4) is 17.6 Å². The van der Waals surface area contributed by atoms with Gasteiger partial charge in [-0.05, 0) is 83.1 Å². The number of carbonyl (C=O) groups excluding carboxylic acids is 9. The SMILES string of the molecule is COc1nc(N)nc2c1ncn2[C@@H]1OC(CO[P@@](=O)(N[C@H](C)C(=O)OC(C)C)SCC2C(=O)NC(=O)N2C)[C@@H](O)[C@@]1(C)O.COc1nc(N)nc2c1ncn2[C@@H]1OC(CO[P@@](=O)(N[C@H](C)C(=O)OC(C)C)SCC2C(=O)NC(=O)N2C)[C@@H](O)[C@@]1(C)O.COc1nc(N)nc2c1ncn2[C@@H]1OC(CO[P@](=O)(N[C@@H](C)C(=O)OC(C)C)SCC2C(=O)NC(=O)N2C)[C@@H](O)[C@@]1(C)O. The van der Waals surface area contributed by atoms with Gasteiger partial charge in [0.15, 0.2) is 52.2 Å². The van der Waals surface area contributed by atoms with Crippen molar-refractivity contribution in [2.45, 2.75) is 210 Å². The number of imidazole rings is 3. The molecule has 6 aromatic heterocycles. The van der Waals surface area contributed by atoms with Crippen molar-refractivity contribution in [1.82, 2.24) is 104 Å². The Bertz CT molecular complexity index is 4820. The van der Waals surface area contributed by atoms with Gasteiger partial charge in [-0.2, -0.15) is 29.9 Å². The molecular weight excluding hydrogens is 1830 g/mol. The molecule has 60 heteroatoms. The zero-order chi connectivity index (χ0) is 95.6. The van der Waals surface area contributed by atoms with Crippen molar-refractivity contribution in [2.24, 2.45) is 0 Å². The topological polar surface area (TPSA) is 728 Å². The van der Waals surface area contributed by atoms with Crippen molar-refractivity contribution in [1.29, 1.82) is 0 Å². The van der Waals surface area contributed by atoms with Gasteiger partial charge in [0.1, 0.15) is 89.7 Å². The molecule has 6 saturated heterocycles. The monoisotopic (exact) mass is 1940 g/mol. The highest BCUT2D eigenvalue weighted by Gasteiger charge is 2.58. The number of methoxy groups -OCH3 is 3. The molecule has 0 bridgehead atoms. The number of ether oxygens (including phenoxy) is 9. The van der Waals surface area contributed by atoms with Crippen LogP contribution in [-0.4, -0.2) is 345 Å². The molecule has 21 atom stereocenters. The zero-order valence-electron chi connectivity index (χ0n) is 72.9. The van der Waals surface area contributed by atoms with E-state index in [4.69, 9.17) is 73.4 Å². The lowest BCUT2D eigenvalue weighted by atomic mass is 9.96. The molecule has 714 valence electrons. The summed E-state index contributed by atoms with van der Waals surface area (Å²) in [6.07, 6.45) is -9.48. The van der Waals surface area contributed by atoms with E-state index in [1.165, 1.54) is 117 Å². The lowest BCUT2D eigenvalue weighted by Crippen LogP contribution is -2.44. The standard InChI is InChI=1S/3C23H35N8O10PS/c3*1-10(2)40-19(34)11(3)29-42(37,43-8-12-17(33)27-22(35)30(12)5)39-7-13-15(32)23(4,36)20(41-13)31-9-25-14-16(31)26-21(24)28-18(14)38-6/h3*9-13,15,20,32,36H,7-8H2,1-6H3,(H,29,37)(H2,24,26,28)(H,27,33,35)/t11-,12?,13?,15+,20+,23+,42+;2*11-,12?,13?,15-,20-,23-,42+/m011/s1. The second-order valence-corrected chi connectivity index (χ2v) is 44.3. The molecule has 6 aromatic rings. The maximum atomic E-state index is 14.0. The number of amides is 9. The number of nitrogens with two attached hydrogens (primary N) is 3. The molecule has 9 amide bonds. The van der Waals surface area contributed by atoms with Crippen molar-refractivity contribution in [3.63, 3.8) is 0 Å². The van der Waals surface area contributed by atoms with Crippen LogP contribution in [0.15, 0.2) is 19.0 Å². The van der Waals surface area contributed by atoms with E-state index in [0.717, 1.165) is 14.7 Å². The molecule has 0 radical (unpaired) electrons. The van der Waals surface area contributed by atoms with Gasteiger partial charge < -0.3 is 119 Å². The van der Waals surface area contributed by atoms with Crippen LogP contribution in [0, 0.1) is 0 Å². The molecule has 0 saturated carbocycles. The number of urea groups is 3. The molecule has 0 aromatic carbocycles. The Morgan fingerprint density at radius 3 is 0.884 bits per heavy atom. The first-order chi connectivity index (χ1) is 60.2. The van der Waals surface area contributed by atoms with Crippen LogP contribution in [0.5, 0.6) is 17.6 Å². The fourth-order valence-corrected chi connectivity index (χ4v) is 25.3. The Hall–Kier alpha value is -9.18. The minimum Gasteiger partial charge on any atom is -0.479 e. The smallest absolute Gasteiger partial charge is 0.327 e. The third kappa shape index (κ3) is 22.8. The number of esters is 3. The Balaban J connectivity index is 0.000000201. The van der Waals surface area contributed by atoms with Crippen LogP contribution in [0.25, 0.3) is 33.5 Å². The van der Waals surface area contributed by atoms with E-state index in [2.05, 4.69) is 76.1 Å². The van der Waals surface area contributed by atoms with Crippen molar-refractivity contribution < 1.29 is 144 Å². The van der Waals surface area contributed by atoms with Crippen molar-refractivity contribution in [3.05, 3.63) is 19.0 Å². The van der Waals surface area contributed by atoms with Gasteiger partial charge in [0.2, 0.25) is 35.5 Å². The van der Waals surface area contributed by atoms with Gasteiger partial charge in [-0.25, -0.2) is 44.6 Å². The molecule has 0 spiro atoms. The number of anilines is 3. The summed E-state index contributed by atoms with van der Waals surface area (Å²) in [6.45, 7) is 4.48. The molecule has 18 N–H and O–H groups in total. The van der Waals surface area contributed by atoms with Gasteiger partial charge in [0.25, 0.3) is 17.7 Å². The number of imide groups is 3. The van der Waals surface area contributed by atoms with E-state index >= 15 is 0 Å². The Labute approximate surface area is 747 Å². The molecule has 54 nitrogen and oxygen atoms in total. The number of carbonyl (C=O) groups is 9. The van der Waals surface area contributed by atoms with Crippen LogP contribution >= 0.6 is 54.3 Å². The number of rotatable bonds is 36. The van der Waals surface area contributed by atoms with Crippen LogP contribution in [0.4, 0.5) is 32.2 Å². The fraction of sp³-hybridized carbons (Fsp3) is 0.652. The quantitative estimate of drug-likeness (QED) is 0.01000. The van der Waals surface area contributed by atoms with Crippen LogP contribution in [0.1, 0.15) is 102 Å². The number of nitrogens with one attached hydrogen (secondary N) is 6. The average Bonchev–Trinajstić information content (AvgIpc) is 1.60. The van der Waals surface area contributed by atoms with E-state index in [0.29, 0.717) is 34.1 Å². The zero-order valence-corrected chi connectivity index (χ0v) is 78.0. The summed E-state index contributed by atoms with van der Waals surface area (Å²) in [6, 6.07) is -7.97. The van der Waals surface area contributed by atoms with Gasteiger partial charge in [0, 0.05) is 38.4 Å². The van der Waals surface area contributed by atoms with Gasteiger partial charge >= 0.3 is 56.2 Å². The molecule has 0 aliphatic carbocycles. The van der Waals surface area contributed by atoms with Crippen LogP contribution in [-0.2, 0) is 84.5 Å². The van der Waals surface area contributed by atoms with E-state index in [1.807, 2.05) is 0 Å². The summed E-state index contributed by atoms with van der Waals surface area (Å²) in [5, 5.41) is 81.2. The maximum absolute atomic E-state index is 14.0. The largest absolute Gasteiger partial charge is 0.479 e. The normalized spacial score (nSPS) is 27.9. The van der Waals surface area contributed by atoms with E-state index in [-0.39, 0.29) is 86.2 Å². The molecule has 6 aliphatic heterocycles. The Kier molecular flexibility index (Phi) is 32.3. The highest BCUT2D eigenvalue weighted by molar-refractivity contribution is 8.56. The van der Waals surface area contributed by atoms with Gasteiger partial charge in [-0.3, -0.25) is 72.1 Å². The first-order valence-corrected chi connectivity index (χ1v) is 49.0. The summed E-state index contributed by atoms with van der Waals surface area (Å²) in [4.78, 5) is 150. The molecule has 129 heavy (non-hydrogen) atoms. The second-order valence-electron chi connectivity index (χ2n) is 31.4. The van der Waals surface area contributed by atoms with E-state index in [9.17, 15) is 87.5 Å². The van der Waals surface area contributed by atoms with Crippen LogP contribution < -0.4 is 62.6 Å². The van der Waals surface area contributed by atoms with Gasteiger partial charge in [-0.1, -0.05) is 34.1 Å². The molecule has 12 heterocycles. The van der Waals surface area contributed by atoms with Crippen molar-refractivity contribution >= 4 is 159 Å². The fourth-order valence-electron chi connectivity index (χ4n) is 13.4. The summed E-state index contributed by atoms with van der Waals surface area (Å²) in [7, 11) is 8.36. The maximum Gasteiger partial charge on any atom is 0.327 e. The number of likely N-dealkylation sites (N-methyl/N-ethyl adjacent to an activating group) is 3. The average molecular weight is 1940 g/mol. The minimum absolute atomic E-state index is 0.0942. The third-order valence-corrected chi connectivity index (χ3v) is 32.7. The minimum atomic E-state index is -4.05. The molecule has 6 fully saturated rings. The number of aliphatic hydroxyl groups excluding tert-OH is 3. The highest BCUT2D eigenvalue weighted by Crippen LogP contribution is 2.60. The Morgan fingerprint density at radius 2 is 0.682 bits per heavy atom. The van der Waals surface area contributed by atoms with Crippen LogP contribution in [0.2, 0.25) is 0 Å². The molecule has 6 aliphatic rings. The molecule has 12 rings (SSSR count). The predicted molar refractivity (Wildman–Crippen MR) is 455 cm³/mol. The van der Waals surface area contributed by atoms with Gasteiger partial charge in [0.05, 0.1) is 78.4 Å². The highest BCUT2D eigenvalue weighted by atomic mass is 32.7. The first kappa shape index (κ1) is 102. The number of fused-ring (bicyclic) bond motifs is 3. The van der Waals surface area contributed by atoms with E-state index < -0.39 is 220 Å². The van der Waals surface area contributed by atoms with Crippen LogP contribution in [0.3, 0.4) is 0 Å². The summed E-state index contributed by atoms with van der Waals surface area (Å²) in [5.41, 5.74) is 12.8. The summed E-state index contributed by atoms with van der Waals surface area (Å²) in [5.74, 6) is -4.39. The summed E-state index contributed by atoms with van der Waals surface area (Å²) >= 11 is 2.06. The Morgan fingerprint density at radius 1 is 0.450 bits per heavy atom. The number of nitrogens with zero attached hydrogens (tertiary/aromatic N) is 15. The lowest BCUT2D eigenvalue weighted by Gasteiger charge is -2.27. The molecular formula is C69H105N24O30P3S3. The number of hydrogen-bond acceptors (Lipinski definition) is 45. The number of aromatic nitrogens is 12. The predicted octanol–water partition coefficient (Wildman–Crippen LogP) is -0.707. The lowest BCUT2D eigenvalue weighted by molar-refractivity contribution is -0.149. The second kappa shape index (κ2) is 40.9. The first-order valence-electron chi connectivity index (χ1n) is 39.4. The summed E-state index contributed by atoms with van der Waals surface area (Å²) < 4.78 is 112. The van der Waals surface area contributed by atoms with Gasteiger partial charge in [-0.15, -0.1) is 0 Å². The number of hydrogen-bond donors (Lipinski definition) is 15.